The molecule has 0 saturated heterocycles. The van der Waals surface area contributed by atoms with Gasteiger partial charge in [-0.25, -0.2) is 14.6 Å². The molecular weight excluding hydrogens is 390 g/mol. The van der Waals surface area contributed by atoms with Gasteiger partial charge in [-0.05, 0) is 12.5 Å². The van der Waals surface area contributed by atoms with E-state index < -0.39 is 5.91 Å². The van der Waals surface area contributed by atoms with Gasteiger partial charge < -0.3 is 5.32 Å². The lowest BCUT2D eigenvalue weighted by Crippen LogP contribution is -2.27. The van der Waals surface area contributed by atoms with E-state index in [1.165, 1.54) is 4.68 Å². The molecule has 0 fully saturated rings. The first kappa shape index (κ1) is 20.4. The van der Waals surface area contributed by atoms with Gasteiger partial charge in [-0.3, -0.25) is 9.59 Å². The van der Waals surface area contributed by atoms with Crippen LogP contribution in [-0.2, 0) is 6.54 Å². The van der Waals surface area contributed by atoms with Crippen molar-refractivity contribution < 1.29 is 4.79 Å². The van der Waals surface area contributed by atoms with Crippen molar-refractivity contribution in [2.75, 3.05) is 5.32 Å². The summed E-state index contributed by atoms with van der Waals surface area (Å²) >= 11 is 0. The van der Waals surface area contributed by atoms with Crippen molar-refractivity contribution in [1.29, 1.82) is 0 Å². The van der Waals surface area contributed by atoms with Crippen LogP contribution in [0, 0.1) is 0 Å². The van der Waals surface area contributed by atoms with Gasteiger partial charge in [0, 0.05) is 17.5 Å². The Kier molecular flexibility index (Phi) is 6.12. The second-order valence-corrected chi connectivity index (χ2v) is 7.25. The summed E-state index contributed by atoms with van der Waals surface area (Å²) in [4.78, 5) is 34.5. The Bertz CT molecular complexity index is 1250. The molecule has 0 saturated carbocycles. The fraction of sp³-hybridized carbons (Fsp3) is 0.208. The SMILES string of the molecule is CCCCCn1nc(C(=O)Nc2cnc(-c3ccccc3)nc2)c2ccccc2c1=O. The van der Waals surface area contributed by atoms with E-state index in [1.54, 1.807) is 36.7 Å². The van der Waals surface area contributed by atoms with Crippen LogP contribution in [0.25, 0.3) is 22.2 Å². The summed E-state index contributed by atoms with van der Waals surface area (Å²) < 4.78 is 1.39. The molecule has 1 amide bonds. The van der Waals surface area contributed by atoms with Crippen LogP contribution in [0.5, 0.6) is 0 Å². The van der Waals surface area contributed by atoms with E-state index in [0.29, 0.717) is 28.8 Å². The number of hydrogen-bond acceptors (Lipinski definition) is 5. The summed E-state index contributed by atoms with van der Waals surface area (Å²) in [6.45, 7) is 2.58. The number of anilines is 1. The summed E-state index contributed by atoms with van der Waals surface area (Å²) in [5.41, 5.74) is 1.38. The first-order valence-corrected chi connectivity index (χ1v) is 10.4. The molecule has 0 bridgehead atoms. The molecule has 4 rings (SSSR count). The molecule has 0 atom stereocenters. The molecule has 31 heavy (non-hydrogen) atoms. The highest BCUT2D eigenvalue weighted by molar-refractivity contribution is 6.11. The molecule has 0 spiro atoms. The van der Waals surface area contributed by atoms with E-state index in [1.807, 2.05) is 30.3 Å². The zero-order chi connectivity index (χ0) is 21.6. The van der Waals surface area contributed by atoms with Gasteiger partial charge in [0.2, 0.25) is 0 Å². The van der Waals surface area contributed by atoms with Crippen LogP contribution >= 0.6 is 0 Å². The first-order valence-electron chi connectivity index (χ1n) is 10.4. The number of aromatic nitrogens is 4. The van der Waals surface area contributed by atoms with Crippen molar-refractivity contribution in [3.63, 3.8) is 0 Å². The minimum absolute atomic E-state index is 0.182. The molecule has 7 nitrogen and oxygen atoms in total. The quantitative estimate of drug-likeness (QED) is 0.456. The van der Waals surface area contributed by atoms with E-state index in [0.717, 1.165) is 24.8 Å². The lowest BCUT2D eigenvalue weighted by Gasteiger charge is -2.11. The van der Waals surface area contributed by atoms with Crippen molar-refractivity contribution in [3.05, 3.63) is 83.0 Å². The maximum Gasteiger partial charge on any atom is 0.276 e. The number of rotatable bonds is 7. The van der Waals surface area contributed by atoms with Crippen LogP contribution in [0.15, 0.2) is 71.8 Å². The van der Waals surface area contributed by atoms with Gasteiger partial charge >= 0.3 is 0 Å². The molecular formula is C24H23N5O2. The van der Waals surface area contributed by atoms with Crippen LogP contribution < -0.4 is 10.9 Å². The van der Waals surface area contributed by atoms with Crippen molar-refractivity contribution in [2.24, 2.45) is 0 Å². The summed E-state index contributed by atoms with van der Waals surface area (Å²) in [5.74, 6) is 0.170. The van der Waals surface area contributed by atoms with E-state index in [2.05, 4.69) is 27.3 Å². The Hall–Kier alpha value is -3.87. The molecule has 0 radical (unpaired) electrons. The van der Waals surface area contributed by atoms with Crippen molar-refractivity contribution >= 4 is 22.4 Å². The summed E-state index contributed by atoms with van der Waals surface area (Å²) in [6.07, 6.45) is 5.99. The minimum atomic E-state index is -0.406. The standard InChI is InChI=1S/C24H23N5O2/c1-2-3-9-14-29-24(31)20-13-8-7-12-19(20)21(28-29)23(30)27-18-15-25-22(26-16-18)17-10-5-4-6-11-17/h4-8,10-13,15-16H,2-3,9,14H2,1H3,(H,27,30). The Morgan fingerprint density at radius 2 is 1.61 bits per heavy atom. The molecule has 0 aliphatic heterocycles. The Labute approximate surface area is 179 Å². The Morgan fingerprint density at radius 1 is 0.935 bits per heavy atom. The van der Waals surface area contributed by atoms with Gasteiger partial charge in [0.15, 0.2) is 11.5 Å². The summed E-state index contributed by atoms with van der Waals surface area (Å²) in [7, 11) is 0. The summed E-state index contributed by atoms with van der Waals surface area (Å²) in [5, 5.41) is 8.19. The van der Waals surface area contributed by atoms with Gasteiger partial charge in [0.1, 0.15) is 0 Å². The molecule has 0 aliphatic carbocycles. The third kappa shape index (κ3) is 4.50. The zero-order valence-electron chi connectivity index (χ0n) is 17.3. The number of hydrogen-bond donors (Lipinski definition) is 1. The average molecular weight is 413 g/mol. The number of carbonyl (C=O) groups excluding carboxylic acids is 1. The fourth-order valence-electron chi connectivity index (χ4n) is 3.39. The van der Waals surface area contributed by atoms with Gasteiger partial charge in [-0.15, -0.1) is 0 Å². The fourth-order valence-corrected chi connectivity index (χ4v) is 3.39. The summed E-state index contributed by atoms with van der Waals surface area (Å²) in [6, 6.07) is 16.7. The first-order chi connectivity index (χ1) is 15.2. The molecule has 0 unspecified atom stereocenters. The molecule has 2 aromatic heterocycles. The highest BCUT2D eigenvalue weighted by Crippen LogP contribution is 2.17. The molecule has 156 valence electrons. The van der Waals surface area contributed by atoms with Crippen LogP contribution in [-0.4, -0.2) is 25.7 Å². The normalized spacial score (nSPS) is 10.9. The van der Waals surface area contributed by atoms with Crippen LogP contribution in [0.2, 0.25) is 0 Å². The van der Waals surface area contributed by atoms with Crippen molar-refractivity contribution in [2.45, 2.75) is 32.7 Å². The number of nitrogens with one attached hydrogen (secondary N) is 1. The van der Waals surface area contributed by atoms with Gasteiger partial charge in [-0.2, -0.15) is 5.10 Å². The van der Waals surface area contributed by atoms with Crippen LogP contribution in [0.3, 0.4) is 0 Å². The minimum Gasteiger partial charge on any atom is -0.318 e. The number of unbranched alkanes of at least 4 members (excludes halogenated alkanes) is 2. The van der Waals surface area contributed by atoms with Crippen molar-refractivity contribution in [3.8, 4) is 11.4 Å². The number of nitrogens with zero attached hydrogens (tertiary/aromatic N) is 4. The number of aryl methyl sites for hydroxylation is 1. The third-order valence-electron chi connectivity index (χ3n) is 5.00. The smallest absolute Gasteiger partial charge is 0.276 e. The van der Waals surface area contributed by atoms with Gasteiger partial charge in [0.25, 0.3) is 11.5 Å². The monoisotopic (exact) mass is 413 g/mol. The zero-order valence-corrected chi connectivity index (χ0v) is 17.3. The van der Waals surface area contributed by atoms with E-state index in [-0.39, 0.29) is 11.3 Å². The number of benzene rings is 2. The number of amides is 1. The average Bonchev–Trinajstić information content (AvgIpc) is 2.82. The van der Waals surface area contributed by atoms with E-state index in [9.17, 15) is 9.59 Å². The molecule has 1 N–H and O–H groups in total. The van der Waals surface area contributed by atoms with Crippen LogP contribution in [0.4, 0.5) is 5.69 Å². The molecule has 2 heterocycles. The molecule has 0 aliphatic rings. The lowest BCUT2D eigenvalue weighted by atomic mass is 10.1. The van der Waals surface area contributed by atoms with Crippen molar-refractivity contribution in [1.82, 2.24) is 19.7 Å². The Morgan fingerprint density at radius 3 is 2.32 bits per heavy atom. The maximum atomic E-state index is 13.0. The molecule has 7 heteroatoms. The second kappa shape index (κ2) is 9.30. The highest BCUT2D eigenvalue weighted by atomic mass is 16.2. The predicted molar refractivity (Wildman–Crippen MR) is 121 cm³/mol. The second-order valence-electron chi connectivity index (χ2n) is 7.25. The van der Waals surface area contributed by atoms with E-state index in [4.69, 9.17) is 0 Å². The largest absolute Gasteiger partial charge is 0.318 e. The van der Waals surface area contributed by atoms with Crippen LogP contribution in [0.1, 0.15) is 36.7 Å². The van der Waals surface area contributed by atoms with E-state index >= 15 is 0 Å². The number of carbonyl (C=O) groups is 1. The maximum absolute atomic E-state index is 13.0. The number of fused-ring (bicyclic) bond motifs is 1. The van der Waals surface area contributed by atoms with Gasteiger partial charge in [-0.1, -0.05) is 68.3 Å². The predicted octanol–water partition coefficient (Wildman–Crippen LogP) is 4.30. The molecule has 2 aromatic carbocycles. The van der Waals surface area contributed by atoms with Gasteiger partial charge in [0.05, 0.1) is 23.5 Å². The third-order valence-corrected chi connectivity index (χ3v) is 5.00. The lowest BCUT2D eigenvalue weighted by molar-refractivity contribution is 0.102. The highest BCUT2D eigenvalue weighted by Gasteiger charge is 2.17. The molecule has 4 aromatic rings. The topological polar surface area (TPSA) is 89.8 Å². The Balaban J connectivity index is 1.62.